The number of halogens is 4. The van der Waals surface area contributed by atoms with Gasteiger partial charge in [-0.05, 0) is 39.0 Å². The number of nitrogens with zero attached hydrogens (tertiary/aromatic N) is 1. The Balaban J connectivity index is 3.17. The topological polar surface area (TPSA) is 29.4 Å². The van der Waals surface area contributed by atoms with E-state index in [-0.39, 0.29) is 0 Å². The van der Waals surface area contributed by atoms with Crippen LogP contribution in [-0.2, 0) is 17.2 Å². The molecule has 1 atom stereocenters. The van der Waals surface area contributed by atoms with Crippen LogP contribution in [0.2, 0.25) is 0 Å². The average molecular weight is 295 g/mol. The van der Waals surface area contributed by atoms with E-state index in [1.54, 1.807) is 20.8 Å². The van der Waals surface area contributed by atoms with Gasteiger partial charge in [0.1, 0.15) is 16.8 Å². The first kappa shape index (κ1) is 15.8. The second-order valence-electron chi connectivity index (χ2n) is 4.83. The molecule has 1 aromatic rings. The minimum Gasteiger partial charge on any atom is -0.234 e. The van der Waals surface area contributed by atoms with Gasteiger partial charge in [-0.15, -0.1) is 0 Å². The van der Waals surface area contributed by atoms with Crippen molar-refractivity contribution < 1.29 is 21.8 Å². The minimum absolute atomic E-state index is 0.440. The molecule has 0 aliphatic carbocycles. The Bertz CT molecular complexity index is 517. The van der Waals surface area contributed by atoms with Crippen molar-refractivity contribution >= 4 is 17.2 Å². The smallest absolute Gasteiger partial charge is 0.234 e. The third-order valence-electron chi connectivity index (χ3n) is 2.13. The first-order valence-corrected chi connectivity index (χ1v) is 6.45. The molecule has 0 N–H and O–H groups in total. The van der Waals surface area contributed by atoms with Crippen LogP contribution < -0.4 is 0 Å². The van der Waals surface area contributed by atoms with Crippen LogP contribution in [-0.4, -0.2) is 15.2 Å². The molecule has 0 saturated carbocycles. The van der Waals surface area contributed by atoms with Gasteiger partial charge in [-0.2, -0.15) is 17.6 Å². The molecule has 1 aromatic carbocycles. The lowest BCUT2D eigenvalue weighted by atomic mass is 10.1. The predicted octanol–water partition coefficient (Wildman–Crippen LogP) is 3.73. The standard InChI is InChI=1S/C12H13F4NOS/c1-11(2,3)19(18)17-7-8-6-9(13)4-5-10(8)12(14,15)16/h4-7H,1-3H3/t19-/m1/s1. The maximum absolute atomic E-state index is 13.0. The average Bonchev–Trinajstić information content (AvgIpc) is 2.22. The molecule has 19 heavy (non-hydrogen) atoms. The van der Waals surface area contributed by atoms with Crippen LogP contribution in [0, 0.1) is 5.82 Å². The maximum Gasteiger partial charge on any atom is 0.417 e. The Hall–Kier alpha value is -1.24. The summed E-state index contributed by atoms with van der Waals surface area (Å²) in [5, 5.41) is 0. The zero-order valence-corrected chi connectivity index (χ0v) is 11.4. The molecule has 0 saturated heterocycles. The molecule has 0 fully saturated rings. The van der Waals surface area contributed by atoms with E-state index in [9.17, 15) is 21.8 Å². The van der Waals surface area contributed by atoms with Gasteiger partial charge in [0.15, 0.2) is 0 Å². The lowest BCUT2D eigenvalue weighted by Crippen LogP contribution is -2.20. The normalized spacial score (nSPS) is 14.9. The third kappa shape index (κ3) is 4.41. The first-order valence-electron chi connectivity index (χ1n) is 5.34. The summed E-state index contributed by atoms with van der Waals surface area (Å²) in [6, 6.07) is 2.07. The summed E-state index contributed by atoms with van der Waals surface area (Å²) in [7, 11) is -1.70. The van der Waals surface area contributed by atoms with Crippen molar-refractivity contribution in [2.24, 2.45) is 4.40 Å². The lowest BCUT2D eigenvalue weighted by molar-refractivity contribution is -0.137. The van der Waals surface area contributed by atoms with Gasteiger partial charge in [-0.25, -0.2) is 8.60 Å². The largest absolute Gasteiger partial charge is 0.417 e. The third-order valence-corrected chi connectivity index (χ3v) is 3.48. The van der Waals surface area contributed by atoms with E-state index in [0.717, 1.165) is 12.3 Å². The molecule has 0 unspecified atom stereocenters. The van der Waals surface area contributed by atoms with E-state index < -0.39 is 38.9 Å². The Morgan fingerprint density at radius 2 is 1.79 bits per heavy atom. The Morgan fingerprint density at radius 3 is 2.26 bits per heavy atom. The van der Waals surface area contributed by atoms with E-state index in [1.807, 2.05) is 0 Å². The highest BCUT2D eigenvalue weighted by molar-refractivity contribution is 7.85. The van der Waals surface area contributed by atoms with Crippen molar-refractivity contribution in [3.8, 4) is 0 Å². The van der Waals surface area contributed by atoms with Gasteiger partial charge in [0.2, 0.25) is 0 Å². The van der Waals surface area contributed by atoms with Gasteiger partial charge in [-0.1, -0.05) is 0 Å². The number of hydrogen-bond acceptors (Lipinski definition) is 1. The number of hydrogen-bond donors (Lipinski definition) is 0. The molecule has 0 aliphatic rings. The molecule has 0 heterocycles. The fraction of sp³-hybridized carbons (Fsp3) is 0.417. The zero-order chi connectivity index (χ0) is 14.8. The van der Waals surface area contributed by atoms with Gasteiger partial charge in [-0.3, -0.25) is 0 Å². The predicted molar refractivity (Wildman–Crippen MR) is 66.9 cm³/mol. The van der Waals surface area contributed by atoms with Crippen molar-refractivity contribution in [1.82, 2.24) is 0 Å². The van der Waals surface area contributed by atoms with E-state index in [2.05, 4.69) is 4.40 Å². The van der Waals surface area contributed by atoms with Crippen LogP contribution >= 0.6 is 0 Å². The Labute approximate surface area is 111 Å². The second-order valence-corrected chi connectivity index (χ2v) is 6.76. The zero-order valence-electron chi connectivity index (χ0n) is 10.6. The maximum atomic E-state index is 13.0. The number of alkyl halides is 3. The van der Waals surface area contributed by atoms with E-state index >= 15 is 0 Å². The van der Waals surface area contributed by atoms with Gasteiger partial charge in [0, 0.05) is 11.8 Å². The summed E-state index contributed by atoms with van der Waals surface area (Å²) in [5.74, 6) is -0.809. The van der Waals surface area contributed by atoms with Crippen molar-refractivity contribution in [1.29, 1.82) is 0 Å². The molecule has 0 spiro atoms. The van der Waals surface area contributed by atoms with Crippen molar-refractivity contribution in [3.63, 3.8) is 0 Å². The molecular weight excluding hydrogens is 282 g/mol. The number of rotatable bonds is 2. The first-order chi connectivity index (χ1) is 8.51. The van der Waals surface area contributed by atoms with Crippen LogP contribution in [0.4, 0.5) is 17.6 Å². The van der Waals surface area contributed by atoms with Gasteiger partial charge in [0.25, 0.3) is 0 Å². The van der Waals surface area contributed by atoms with Gasteiger partial charge >= 0.3 is 6.18 Å². The van der Waals surface area contributed by atoms with Crippen LogP contribution in [0.1, 0.15) is 31.9 Å². The molecular formula is C12H13F4NOS. The van der Waals surface area contributed by atoms with Crippen LogP contribution in [0.15, 0.2) is 22.6 Å². The van der Waals surface area contributed by atoms with Crippen molar-refractivity contribution in [2.75, 3.05) is 0 Å². The molecule has 0 aliphatic heterocycles. The van der Waals surface area contributed by atoms with E-state index in [1.165, 1.54) is 0 Å². The summed E-state index contributed by atoms with van der Waals surface area (Å²) in [5.41, 5.74) is -1.45. The molecule has 0 aromatic heterocycles. The van der Waals surface area contributed by atoms with Crippen LogP contribution in [0.25, 0.3) is 0 Å². The summed E-state index contributed by atoms with van der Waals surface area (Å²) >= 11 is 0. The summed E-state index contributed by atoms with van der Waals surface area (Å²) in [4.78, 5) is 0. The second kappa shape index (κ2) is 5.40. The molecule has 7 heteroatoms. The fourth-order valence-corrected chi connectivity index (χ4v) is 1.69. The molecule has 0 radical (unpaired) electrons. The van der Waals surface area contributed by atoms with Crippen LogP contribution in [0.3, 0.4) is 0 Å². The lowest BCUT2D eigenvalue weighted by Gasteiger charge is -2.13. The molecule has 0 bridgehead atoms. The SMILES string of the molecule is CC(C)(C)[S@@](=O)N=Cc1cc(F)ccc1C(F)(F)F. The highest BCUT2D eigenvalue weighted by atomic mass is 32.2. The van der Waals surface area contributed by atoms with Crippen LogP contribution in [0.5, 0.6) is 0 Å². The van der Waals surface area contributed by atoms with Crippen molar-refractivity contribution in [3.05, 3.63) is 35.1 Å². The molecule has 0 amide bonds. The van der Waals surface area contributed by atoms with E-state index in [0.29, 0.717) is 12.1 Å². The quantitative estimate of drug-likeness (QED) is 0.604. The number of benzene rings is 1. The minimum atomic E-state index is -4.61. The highest BCUT2D eigenvalue weighted by Crippen LogP contribution is 2.31. The summed E-state index contributed by atoms with van der Waals surface area (Å²) in [6.45, 7) is 4.91. The summed E-state index contributed by atoms with van der Waals surface area (Å²) in [6.07, 6.45) is -3.81. The fourth-order valence-electron chi connectivity index (χ4n) is 1.16. The van der Waals surface area contributed by atoms with Crippen molar-refractivity contribution in [2.45, 2.75) is 31.7 Å². The molecule has 106 valence electrons. The Morgan fingerprint density at radius 1 is 1.21 bits per heavy atom. The van der Waals surface area contributed by atoms with Gasteiger partial charge < -0.3 is 0 Å². The monoisotopic (exact) mass is 295 g/mol. The van der Waals surface area contributed by atoms with E-state index in [4.69, 9.17) is 0 Å². The Kier molecular flexibility index (Phi) is 4.50. The molecule has 2 nitrogen and oxygen atoms in total. The van der Waals surface area contributed by atoms with Gasteiger partial charge in [0.05, 0.1) is 10.3 Å². The molecule has 1 rings (SSSR count). The summed E-state index contributed by atoms with van der Waals surface area (Å²) < 4.78 is 65.5. The highest BCUT2D eigenvalue weighted by Gasteiger charge is 2.33.